The van der Waals surface area contributed by atoms with E-state index in [1.54, 1.807) is 24.3 Å². The third kappa shape index (κ3) is 7.04. The van der Waals surface area contributed by atoms with Crippen molar-refractivity contribution in [1.82, 2.24) is 5.32 Å². The zero-order chi connectivity index (χ0) is 24.6. The van der Waals surface area contributed by atoms with Crippen molar-refractivity contribution in [3.05, 3.63) is 83.9 Å². The number of hydrogen-bond acceptors (Lipinski definition) is 5. The minimum Gasteiger partial charge on any atom is -0.490 e. The molecule has 3 aromatic carbocycles. The lowest BCUT2D eigenvalue weighted by Gasteiger charge is -2.15. The number of ether oxygens (including phenoxy) is 2. The summed E-state index contributed by atoms with van der Waals surface area (Å²) < 4.78 is 11.3. The Kier molecular flexibility index (Phi) is 7.95. The molecule has 7 nitrogen and oxygen atoms in total. The molecule has 1 fully saturated rings. The summed E-state index contributed by atoms with van der Waals surface area (Å²) in [4.78, 5) is 24.8. The first kappa shape index (κ1) is 24.2. The van der Waals surface area contributed by atoms with E-state index in [1.807, 2.05) is 55.5 Å². The average molecular weight is 490 g/mol. The monoisotopic (exact) mass is 489 g/mol. The van der Waals surface area contributed by atoms with Gasteiger partial charge in [0.15, 0.2) is 5.11 Å². The van der Waals surface area contributed by atoms with Crippen molar-refractivity contribution in [2.45, 2.75) is 19.8 Å². The fourth-order valence-electron chi connectivity index (χ4n) is 3.38. The van der Waals surface area contributed by atoms with Crippen molar-refractivity contribution in [3.63, 3.8) is 0 Å². The van der Waals surface area contributed by atoms with Crippen molar-refractivity contribution in [1.29, 1.82) is 0 Å². The Morgan fingerprint density at radius 3 is 2.20 bits per heavy atom. The van der Waals surface area contributed by atoms with Gasteiger partial charge in [-0.1, -0.05) is 30.3 Å². The number of thiocarbonyl (C=S) groups is 1. The van der Waals surface area contributed by atoms with E-state index >= 15 is 0 Å². The van der Waals surface area contributed by atoms with Crippen LogP contribution in [0.3, 0.4) is 0 Å². The minimum atomic E-state index is -0.357. The number of hydrogen-bond donors (Lipinski definition) is 3. The van der Waals surface area contributed by atoms with Crippen molar-refractivity contribution in [3.8, 4) is 11.5 Å². The number of nitrogens with one attached hydrogen (secondary N) is 3. The van der Waals surface area contributed by atoms with Gasteiger partial charge in [-0.05, 0) is 80.0 Å². The summed E-state index contributed by atoms with van der Waals surface area (Å²) in [6.45, 7) is 2.61. The molecule has 0 aromatic heterocycles. The van der Waals surface area contributed by atoms with Gasteiger partial charge in [0.2, 0.25) is 5.91 Å². The molecule has 1 saturated carbocycles. The topological polar surface area (TPSA) is 88.7 Å². The van der Waals surface area contributed by atoms with E-state index in [4.69, 9.17) is 21.7 Å². The summed E-state index contributed by atoms with van der Waals surface area (Å²) in [7, 11) is 0. The molecule has 0 spiro atoms. The van der Waals surface area contributed by atoms with Gasteiger partial charge in [-0.2, -0.15) is 0 Å². The van der Waals surface area contributed by atoms with Gasteiger partial charge >= 0.3 is 0 Å². The van der Waals surface area contributed by atoms with E-state index in [2.05, 4.69) is 16.0 Å². The molecule has 0 aliphatic heterocycles. The summed E-state index contributed by atoms with van der Waals surface area (Å²) >= 11 is 5.34. The first-order valence-corrected chi connectivity index (χ1v) is 11.8. The van der Waals surface area contributed by atoms with Crippen LogP contribution in [0.4, 0.5) is 11.4 Å². The molecule has 2 amide bonds. The van der Waals surface area contributed by atoms with Crippen LogP contribution < -0.4 is 25.4 Å². The van der Waals surface area contributed by atoms with Crippen LogP contribution in [0.15, 0.2) is 72.8 Å². The van der Waals surface area contributed by atoms with Crippen LogP contribution in [-0.2, 0) is 4.79 Å². The molecule has 0 atom stereocenters. The van der Waals surface area contributed by atoms with Crippen LogP contribution >= 0.6 is 12.2 Å². The lowest BCUT2D eigenvalue weighted by Crippen LogP contribution is -2.34. The predicted molar refractivity (Wildman–Crippen MR) is 140 cm³/mol. The van der Waals surface area contributed by atoms with Crippen LogP contribution in [0.2, 0.25) is 0 Å². The highest BCUT2D eigenvalue weighted by Crippen LogP contribution is 2.31. The van der Waals surface area contributed by atoms with E-state index in [-0.39, 0.29) is 22.8 Å². The molecule has 0 bridgehead atoms. The van der Waals surface area contributed by atoms with Crippen LogP contribution in [0.5, 0.6) is 11.5 Å². The van der Waals surface area contributed by atoms with E-state index in [9.17, 15) is 9.59 Å². The lowest BCUT2D eigenvalue weighted by atomic mass is 10.1. The second-order valence-corrected chi connectivity index (χ2v) is 8.60. The number of anilines is 2. The Morgan fingerprint density at radius 1 is 0.857 bits per heavy atom. The lowest BCUT2D eigenvalue weighted by molar-refractivity contribution is -0.117. The Morgan fingerprint density at radius 2 is 1.49 bits per heavy atom. The fourth-order valence-corrected chi connectivity index (χ4v) is 3.58. The molecule has 0 unspecified atom stereocenters. The van der Waals surface area contributed by atoms with Crippen LogP contribution in [0.1, 0.15) is 28.8 Å². The molecule has 0 heterocycles. The van der Waals surface area contributed by atoms with Gasteiger partial charge in [0.1, 0.15) is 24.7 Å². The number of benzene rings is 3. The van der Waals surface area contributed by atoms with Gasteiger partial charge in [0.05, 0.1) is 0 Å². The number of amides is 2. The zero-order valence-electron chi connectivity index (χ0n) is 19.4. The smallest absolute Gasteiger partial charge is 0.257 e. The predicted octanol–water partition coefficient (Wildman–Crippen LogP) is 4.93. The molecule has 0 radical (unpaired) electrons. The molecule has 4 rings (SSSR count). The molecule has 3 N–H and O–H groups in total. The SMILES string of the molecule is Cc1c(NC(=O)C2CC2)cccc1NC(=S)NC(=O)c1cccc(OCCOc2ccccc2)c1. The minimum absolute atomic E-state index is 0.0369. The summed E-state index contributed by atoms with van der Waals surface area (Å²) in [5.41, 5.74) is 2.69. The normalized spacial score (nSPS) is 12.4. The second kappa shape index (κ2) is 11.5. The quantitative estimate of drug-likeness (QED) is 0.292. The van der Waals surface area contributed by atoms with Crippen LogP contribution in [0.25, 0.3) is 0 Å². The number of para-hydroxylation sites is 1. The van der Waals surface area contributed by atoms with Crippen molar-refractivity contribution in [2.75, 3.05) is 23.8 Å². The molecule has 35 heavy (non-hydrogen) atoms. The Hall–Kier alpha value is -3.91. The molecule has 3 aromatic rings. The van der Waals surface area contributed by atoms with Crippen molar-refractivity contribution >= 4 is 40.5 Å². The molecule has 1 aliphatic rings. The Balaban J connectivity index is 1.28. The molecule has 1 aliphatic carbocycles. The van der Waals surface area contributed by atoms with Gasteiger partial charge in [-0.25, -0.2) is 0 Å². The summed E-state index contributed by atoms with van der Waals surface area (Å²) in [6, 6.07) is 21.9. The van der Waals surface area contributed by atoms with Crippen LogP contribution in [-0.4, -0.2) is 30.1 Å². The van der Waals surface area contributed by atoms with Crippen molar-refractivity contribution in [2.24, 2.45) is 5.92 Å². The maximum absolute atomic E-state index is 12.7. The maximum atomic E-state index is 12.7. The van der Waals surface area contributed by atoms with E-state index in [1.165, 1.54) is 0 Å². The third-order valence-corrected chi connectivity index (χ3v) is 5.68. The highest BCUT2D eigenvalue weighted by Gasteiger charge is 2.29. The maximum Gasteiger partial charge on any atom is 0.257 e. The van der Waals surface area contributed by atoms with Gasteiger partial charge in [0, 0.05) is 22.9 Å². The Labute approximate surface area is 209 Å². The second-order valence-electron chi connectivity index (χ2n) is 8.19. The van der Waals surface area contributed by atoms with E-state index in [0.29, 0.717) is 30.2 Å². The van der Waals surface area contributed by atoms with Gasteiger partial charge < -0.3 is 20.1 Å². The highest BCUT2D eigenvalue weighted by molar-refractivity contribution is 7.80. The van der Waals surface area contributed by atoms with E-state index < -0.39 is 0 Å². The number of carbonyl (C=O) groups excluding carboxylic acids is 2. The molecule has 0 saturated heterocycles. The number of carbonyl (C=O) groups is 2. The number of rotatable bonds is 9. The molecule has 8 heteroatoms. The largest absolute Gasteiger partial charge is 0.490 e. The molecule has 180 valence electrons. The Bertz CT molecular complexity index is 1210. The highest BCUT2D eigenvalue weighted by atomic mass is 32.1. The fraction of sp³-hybridized carbons (Fsp3) is 0.222. The third-order valence-electron chi connectivity index (χ3n) is 5.48. The summed E-state index contributed by atoms with van der Waals surface area (Å²) in [5, 5.41) is 8.85. The standard InChI is InChI=1S/C27H27N3O4S/c1-18-23(28-25(31)19-13-14-19)11-6-12-24(18)29-27(35)30-26(32)20-7-5-10-22(17-20)34-16-15-33-21-8-3-2-4-9-21/h2-12,17,19H,13-16H2,1H3,(H,28,31)(H2,29,30,32,35). The molecular formula is C27H27N3O4S. The van der Waals surface area contributed by atoms with Gasteiger partial charge in [-0.3, -0.25) is 14.9 Å². The summed E-state index contributed by atoms with van der Waals surface area (Å²) in [6.07, 6.45) is 1.87. The summed E-state index contributed by atoms with van der Waals surface area (Å²) in [5.74, 6) is 1.13. The van der Waals surface area contributed by atoms with Gasteiger partial charge in [-0.15, -0.1) is 0 Å². The average Bonchev–Trinajstić information content (AvgIpc) is 3.71. The van der Waals surface area contributed by atoms with Gasteiger partial charge in [0.25, 0.3) is 5.91 Å². The van der Waals surface area contributed by atoms with Crippen molar-refractivity contribution < 1.29 is 19.1 Å². The van der Waals surface area contributed by atoms with Crippen LogP contribution in [0, 0.1) is 12.8 Å². The first-order valence-electron chi connectivity index (χ1n) is 11.4. The first-order chi connectivity index (χ1) is 17.0. The van der Waals surface area contributed by atoms with E-state index in [0.717, 1.165) is 29.8 Å². The zero-order valence-corrected chi connectivity index (χ0v) is 20.2. The molecular weight excluding hydrogens is 462 g/mol.